The first-order chi connectivity index (χ1) is 48.5. The molecule has 23 atom stereocenters. The summed E-state index contributed by atoms with van der Waals surface area (Å²) in [6.45, 7) is 41.6. The van der Waals surface area contributed by atoms with Gasteiger partial charge in [0, 0.05) is 123 Å². The third-order valence-electron chi connectivity index (χ3n) is 22.6. The zero-order valence-corrected chi connectivity index (χ0v) is 66.6. The van der Waals surface area contributed by atoms with Gasteiger partial charge in [0.2, 0.25) is 5.79 Å². The predicted octanol–water partition coefficient (Wildman–Crippen LogP) is 12.4. The van der Waals surface area contributed by atoms with Crippen molar-refractivity contribution >= 4 is 41.5 Å². The number of ether oxygens (including phenoxy) is 11. The van der Waals surface area contributed by atoms with Crippen molar-refractivity contribution in [1.29, 1.82) is 0 Å². The van der Waals surface area contributed by atoms with Gasteiger partial charge in [0.05, 0.1) is 47.3 Å². The average molecular weight is 1490 g/mol. The van der Waals surface area contributed by atoms with Crippen molar-refractivity contribution in [2.24, 2.45) is 51.7 Å². The van der Waals surface area contributed by atoms with Gasteiger partial charge in [-0.25, -0.2) is 14.4 Å². The minimum Gasteiger partial charge on any atom is -0.457 e. The molecule has 105 heavy (non-hydrogen) atoms. The molecule has 0 aliphatic carbocycles. The SMILES string of the molecule is C.C=C(C(=O)[C@H](C)C[C@@](C)(OC)[C@H](O[C@@H]1OC(C)CC(N(C)C)C1C)[C@@H](C)C1=C(C)C(=O)OC(C)(C)O1)[C@H]1N(CCCCN=[N+]=[N-])C(=O)O[C@]1(C)[C@H](O)CC.C=C1C(=O)[C@H](C)C[C@@](C)(OC)[C@H](O[C@@H]2OC(C)CC(N(C)C)C2C)[C@@H](C)C(=O)[C@@H](C)C(=O)O[C@H](CC)[C@@]2(C)OC(=O)N(CCCCN=[N+]=[N-])[C@H]12. The number of hydrogen-bond donors (Lipinski definition) is 1. The highest BCUT2D eigenvalue weighted by Crippen LogP contribution is 2.47. The standard InChI is InChI=1S/C39H65N5O10.C36H59N5O9.CH4/c1-15-29(45)39(11)32(44(36(48)54-39)19-17-16-18-41-42-40)25(5)30(46)22(2)21-38(10,49-14)33(26(6)31-27(7)34(47)53-37(8,9)52-31)51-35-24(4)28(43(12)13)20-23(3)50-35;1-13-27-36(9)30(41(34(45)50-36)17-15-14-16-38-39-37)23(5)28(42)20(2)19-35(8,46-12)31(24(6)29(43)25(7)32(44)48-27)49-33-22(4)26(40(10)11)18-21(3)47-33;/h22-24,26,28-29,32-33,35,45H,5,15-21H2,1-4,6-14H3;20-22,24-27,30-31,33H,5,13-19H2,1-4,6-12H3;1H4/t22-,23?,24?,26+,28?,29-,32-,33-,35+,38-,39-;20-,21?,22?,24+,25-,26?,27-,30-,31-,33+,35-,36-;/m11./s1. The van der Waals surface area contributed by atoms with Crippen LogP contribution >= 0.6 is 0 Å². The molecule has 2 amide bonds. The van der Waals surface area contributed by atoms with E-state index in [-0.39, 0.29) is 118 Å². The minimum atomic E-state index is -1.48. The zero-order chi connectivity index (χ0) is 78.6. The highest BCUT2D eigenvalue weighted by atomic mass is 16.7. The number of aliphatic hydroxyl groups excluding tert-OH is 1. The number of esters is 2. The number of rotatable bonds is 29. The van der Waals surface area contributed by atoms with Gasteiger partial charge in [-0.2, -0.15) is 0 Å². The van der Waals surface area contributed by atoms with E-state index in [1.807, 2.05) is 62.8 Å². The van der Waals surface area contributed by atoms with E-state index in [2.05, 4.69) is 49.9 Å². The molecule has 6 heterocycles. The molecule has 6 aliphatic heterocycles. The number of ketones is 3. The van der Waals surface area contributed by atoms with Crippen LogP contribution in [0.4, 0.5) is 9.59 Å². The Morgan fingerprint density at radius 2 is 1.31 bits per heavy atom. The first kappa shape index (κ1) is 91.2. The van der Waals surface area contributed by atoms with E-state index in [1.165, 1.54) is 23.8 Å². The summed E-state index contributed by atoms with van der Waals surface area (Å²) < 4.78 is 68.6. The van der Waals surface area contributed by atoms with Crippen molar-refractivity contribution in [3.8, 4) is 0 Å². The summed E-state index contributed by atoms with van der Waals surface area (Å²) in [7, 11) is 11.2. The fraction of sp³-hybridized carbons (Fsp3) is 0.829. The molecule has 0 aromatic heterocycles. The van der Waals surface area contributed by atoms with Gasteiger partial charge in [-0.3, -0.25) is 29.0 Å². The number of nitrogens with zero attached hydrogens (tertiary/aromatic N) is 10. The fourth-order valence-electron chi connectivity index (χ4n) is 16.5. The maximum atomic E-state index is 14.5. The molecular weight excluding hydrogens is 1360 g/mol. The second-order valence-electron chi connectivity index (χ2n) is 31.5. The first-order valence-corrected chi connectivity index (χ1v) is 37.0. The van der Waals surface area contributed by atoms with E-state index in [0.29, 0.717) is 37.0 Å². The largest absolute Gasteiger partial charge is 0.457 e. The number of carbonyl (C=O) groups is 7. The number of amides is 2. The van der Waals surface area contributed by atoms with Crippen molar-refractivity contribution in [3.05, 3.63) is 56.5 Å². The molecule has 6 rings (SSSR count). The zero-order valence-electron chi connectivity index (χ0n) is 66.6. The average Bonchev–Trinajstić information content (AvgIpc) is 1.65. The molecule has 29 heteroatoms. The van der Waals surface area contributed by atoms with E-state index in [1.54, 1.807) is 83.3 Å². The summed E-state index contributed by atoms with van der Waals surface area (Å²) in [5.74, 6) is -7.31. The van der Waals surface area contributed by atoms with Gasteiger partial charge < -0.3 is 67.0 Å². The van der Waals surface area contributed by atoms with Gasteiger partial charge in [0.1, 0.15) is 29.9 Å². The quantitative estimate of drug-likeness (QED) is 0.0106. The van der Waals surface area contributed by atoms with Gasteiger partial charge in [0.15, 0.2) is 41.1 Å². The number of methoxy groups -OCH3 is 2. The summed E-state index contributed by atoms with van der Waals surface area (Å²) >= 11 is 0. The molecule has 29 nitrogen and oxygen atoms in total. The Balaban J connectivity index is 0.000000441. The molecule has 0 radical (unpaired) electrons. The van der Waals surface area contributed by atoms with Crippen molar-refractivity contribution in [3.63, 3.8) is 0 Å². The monoisotopic (exact) mass is 1480 g/mol. The Morgan fingerprint density at radius 1 is 0.790 bits per heavy atom. The second-order valence-corrected chi connectivity index (χ2v) is 31.5. The summed E-state index contributed by atoms with van der Waals surface area (Å²) in [6, 6.07) is -1.61. The van der Waals surface area contributed by atoms with Gasteiger partial charge >= 0.3 is 24.1 Å². The Hall–Kier alpha value is -6.23. The number of fused-ring (bicyclic) bond motifs is 1. The molecule has 5 fully saturated rings. The molecular formula is C76H128N10O19. The van der Waals surface area contributed by atoms with Crippen LogP contribution in [0.15, 0.2) is 45.9 Å². The van der Waals surface area contributed by atoms with Crippen molar-refractivity contribution in [2.45, 2.75) is 298 Å². The lowest BCUT2D eigenvalue weighted by Gasteiger charge is -2.48. The van der Waals surface area contributed by atoms with Crippen LogP contribution in [0.1, 0.15) is 196 Å². The lowest BCUT2D eigenvalue weighted by Crippen LogP contribution is -2.58. The lowest BCUT2D eigenvalue weighted by atomic mass is 9.75. The number of aliphatic hydroxyl groups is 1. The lowest BCUT2D eigenvalue weighted by molar-refractivity contribution is -0.284. The third kappa shape index (κ3) is 20.8. The number of Topliss-reactive ketones (excluding diaryl/α,β-unsaturated/α-hetero) is 3. The Bertz CT molecular complexity index is 3190. The number of cyclic esters (lactones) is 3. The maximum absolute atomic E-state index is 14.5. The van der Waals surface area contributed by atoms with Crippen LogP contribution in [0.2, 0.25) is 0 Å². The number of hydrogen-bond acceptors (Lipinski definition) is 23. The molecule has 5 saturated heterocycles. The van der Waals surface area contributed by atoms with Crippen LogP contribution in [-0.2, 0) is 76.1 Å². The van der Waals surface area contributed by atoms with Crippen LogP contribution in [0.25, 0.3) is 20.9 Å². The van der Waals surface area contributed by atoms with Crippen LogP contribution < -0.4 is 0 Å². The molecule has 6 unspecified atom stereocenters. The van der Waals surface area contributed by atoms with Crippen molar-refractivity contribution < 1.29 is 90.8 Å². The van der Waals surface area contributed by atoms with Crippen molar-refractivity contribution in [1.82, 2.24) is 19.6 Å². The maximum Gasteiger partial charge on any atom is 0.411 e. The van der Waals surface area contributed by atoms with Gasteiger partial charge in [-0.1, -0.05) is 86.2 Å². The molecule has 596 valence electrons. The van der Waals surface area contributed by atoms with Gasteiger partial charge in [-0.15, -0.1) is 0 Å². The number of unbranched alkanes of at least 4 members (excludes halogenated alkanes) is 2. The molecule has 0 saturated carbocycles. The molecule has 6 aliphatic rings. The summed E-state index contributed by atoms with van der Waals surface area (Å²) in [5.41, 5.74) is 12.6. The van der Waals surface area contributed by atoms with Gasteiger partial charge in [-0.05, 0) is 159 Å². The number of carbonyl (C=O) groups excluding carboxylic acids is 7. The Kier molecular flexibility index (Phi) is 33.2. The third-order valence-corrected chi connectivity index (χ3v) is 22.6. The van der Waals surface area contributed by atoms with Crippen LogP contribution in [0.5, 0.6) is 0 Å². The highest BCUT2D eigenvalue weighted by Gasteiger charge is 2.61. The second kappa shape index (κ2) is 38.2. The van der Waals surface area contributed by atoms with E-state index < -0.39 is 137 Å². The topological polar surface area (TPSA) is 352 Å². The smallest absolute Gasteiger partial charge is 0.411 e. The molecule has 0 aromatic carbocycles. The van der Waals surface area contributed by atoms with E-state index in [0.717, 1.165) is 12.8 Å². The summed E-state index contributed by atoms with van der Waals surface area (Å²) in [6.07, 6.45) is -2.30. The van der Waals surface area contributed by atoms with Crippen LogP contribution in [0.3, 0.4) is 0 Å². The van der Waals surface area contributed by atoms with E-state index in [9.17, 15) is 38.7 Å². The summed E-state index contributed by atoms with van der Waals surface area (Å²) in [4.78, 5) is 109. The van der Waals surface area contributed by atoms with Crippen molar-refractivity contribution in [2.75, 3.05) is 68.6 Å². The molecule has 0 aromatic rings. The molecule has 0 spiro atoms. The highest BCUT2D eigenvalue weighted by molar-refractivity contribution is 6.01. The fourth-order valence-corrected chi connectivity index (χ4v) is 16.5. The van der Waals surface area contributed by atoms with Gasteiger partial charge in [0.25, 0.3) is 0 Å². The van der Waals surface area contributed by atoms with Crippen LogP contribution in [-0.4, -0.2) is 236 Å². The summed E-state index contributed by atoms with van der Waals surface area (Å²) in [5, 5.41) is 18.3. The number of azide groups is 2. The van der Waals surface area contributed by atoms with E-state index in [4.69, 9.17) is 63.2 Å². The normalized spacial score (nSPS) is 34.2. The first-order valence-electron chi connectivity index (χ1n) is 37.0. The molecule has 0 bridgehead atoms. The predicted molar refractivity (Wildman–Crippen MR) is 395 cm³/mol. The Labute approximate surface area is 623 Å². The molecule has 1 N–H and O–H groups in total. The Morgan fingerprint density at radius 3 is 1.82 bits per heavy atom. The minimum absolute atomic E-state index is 0. The van der Waals surface area contributed by atoms with E-state index >= 15 is 0 Å². The van der Waals surface area contributed by atoms with Crippen LogP contribution in [0, 0.1) is 41.4 Å².